The standard InChI is InChI=1S/C13H19Br2N2O.CH4O3S/c1-4-5-17(2,3)6-7-18-13-11(14)8-10(16)9-12(13)15;1-5(2,3)4/h4,8-9H,1,5-7,16H2,2-3H3;1H3,(H,2,3,4)/q+1;/p-1. The van der Waals surface area contributed by atoms with Crippen molar-refractivity contribution < 1.29 is 22.2 Å². The number of ether oxygens (including phenoxy) is 1. The van der Waals surface area contributed by atoms with E-state index in [1.807, 2.05) is 18.2 Å². The molecule has 1 rings (SSSR count). The Morgan fingerprint density at radius 2 is 1.78 bits per heavy atom. The first-order valence-electron chi connectivity index (χ1n) is 6.57. The summed E-state index contributed by atoms with van der Waals surface area (Å²) in [5.74, 6) is 0.794. The molecular formula is C14H22Br2N2O4S. The summed E-state index contributed by atoms with van der Waals surface area (Å²) in [6.45, 7) is 6.24. The molecule has 0 aliphatic heterocycles. The minimum absolute atomic E-state index is 0.604. The topological polar surface area (TPSA) is 92.5 Å². The Hall–Kier alpha value is -0.610. The fraction of sp³-hybridized carbons (Fsp3) is 0.429. The van der Waals surface area contributed by atoms with Gasteiger partial charge in [0.05, 0.1) is 39.7 Å². The lowest BCUT2D eigenvalue weighted by Gasteiger charge is -2.28. The summed E-state index contributed by atoms with van der Waals surface area (Å²) in [6, 6.07) is 3.67. The molecule has 9 heteroatoms. The molecule has 0 saturated carbocycles. The van der Waals surface area contributed by atoms with Crippen LogP contribution in [0.3, 0.4) is 0 Å². The van der Waals surface area contributed by atoms with Crippen LogP contribution in [-0.4, -0.2) is 57.5 Å². The maximum Gasteiger partial charge on any atom is 0.148 e. The van der Waals surface area contributed by atoms with E-state index < -0.39 is 10.1 Å². The number of halogens is 2. The Kier molecular flexibility index (Phi) is 9.37. The molecule has 0 aliphatic carbocycles. The third kappa shape index (κ3) is 11.5. The van der Waals surface area contributed by atoms with Gasteiger partial charge in [0.1, 0.15) is 18.9 Å². The molecule has 0 aliphatic rings. The molecule has 2 N–H and O–H groups in total. The zero-order chi connectivity index (χ0) is 18.3. The maximum atomic E-state index is 9.08. The molecule has 132 valence electrons. The van der Waals surface area contributed by atoms with Gasteiger partial charge in [-0.15, -0.1) is 0 Å². The molecular weight excluding hydrogens is 452 g/mol. The summed E-state index contributed by atoms with van der Waals surface area (Å²) < 4.78 is 35.6. The van der Waals surface area contributed by atoms with Gasteiger partial charge in [-0.2, -0.15) is 0 Å². The van der Waals surface area contributed by atoms with E-state index in [-0.39, 0.29) is 0 Å². The van der Waals surface area contributed by atoms with Crippen LogP contribution in [0.25, 0.3) is 0 Å². The second-order valence-electron chi connectivity index (χ2n) is 5.50. The average molecular weight is 474 g/mol. The normalized spacial score (nSPS) is 11.4. The van der Waals surface area contributed by atoms with Crippen molar-refractivity contribution in [2.24, 2.45) is 0 Å². The van der Waals surface area contributed by atoms with E-state index in [2.05, 4.69) is 52.5 Å². The van der Waals surface area contributed by atoms with E-state index in [1.165, 1.54) is 0 Å². The molecule has 0 unspecified atom stereocenters. The molecule has 0 spiro atoms. The third-order valence-corrected chi connectivity index (χ3v) is 3.77. The summed E-state index contributed by atoms with van der Waals surface area (Å²) in [5.41, 5.74) is 6.43. The monoisotopic (exact) mass is 472 g/mol. The minimum atomic E-state index is -3.92. The van der Waals surface area contributed by atoms with Gasteiger partial charge in [0.15, 0.2) is 0 Å². The number of nitrogen functional groups attached to an aromatic ring is 1. The number of nitrogens with zero attached hydrogens (tertiary/aromatic N) is 1. The second-order valence-corrected chi connectivity index (χ2v) is 8.61. The Balaban J connectivity index is 0.000000841. The minimum Gasteiger partial charge on any atom is -0.748 e. The van der Waals surface area contributed by atoms with Crippen LogP contribution in [-0.2, 0) is 10.1 Å². The first-order valence-corrected chi connectivity index (χ1v) is 9.97. The van der Waals surface area contributed by atoms with Gasteiger partial charge in [0.25, 0.3) is 0 Å². The number of benzene rings is 1. The Bertz CT molecular complexity index is 603. The summed E-state index contributed by atoms with van der Waals surface area (Å²) in [5, 5.41) is 0. The van der Waals surface area contributed by atoms with Crippen LogP contribution in [0, 0.1) is 0 Å². The van der Waals surface area contributed by atoms with Gasteiger partial charge in [0, 0.05) is 11.9 Å². The van der Waals surface area contributed by atoms with Crippen molar-refractivity contribution in [3.05, 3.63) is 33.7 Å². The molecule has 0 aromatic heterocycles. The summed E-state index contributed by atoms with van der Waals surface area (Å²) in [6.07, 6.45) is 2.53. The molecule has 0 heterocycles. The van der Waals surface area contributed by atoms with Crippen molar-refractivity contribution in [2.75, 3.05) is 45.8 Å². The number of hydrogen-bond acceptors (Lipinski definition) is 5. The smallest absolute Gasteiger partial charge is 0.148 e. The summed E-state index contributed by atoms with van der Waals surface area (Å²) >= 11 is 6.91. The van der Waals surface area contributed by atoms with Crippen LogP contribution in [0.15, 0.2) is 33.7 Å². The first kappa shape index (κ1) is 22.4. The van der Waals surface area contributed by atoms with Gasteiger partial charge in [-0.1, -0.05) is 6.58 Å². The fourth-order valence-electron chi connectivity index (χ4n) is 1.55. The van der Waals surface area contributed by atoms with Crippen LogP contribution < -0.4 is 10.5 Å². The largest absolute Gasteiger partial charge is 0.748 e. The molecule has 0 fully saturated rings. The van der Waals surface area contributed by atoms with E-state index in [9.17, 15) is 0 Å². The number of nitrogens with two attached hydrogens (primary N) is 1. The molecule has 1 aromatic rings. The lowest BCUT2D eigenvalue weighted by Crippen LogP contribution is -2.42. The molecule has 0 bridgehead atoms. The van der Waals surface area contributed by atoms with Gasteiger partial charge >= 0.3 is 0 Å². The number of hydrogen-bond donors (Lipinski definition) is 1. The quantitative estimate of drug-likeness (QED) is 0.296. The lowest BCUT2D eigenvalue weighted by atomic mass is 10.3. The van der Waals surface area contributed by atoms with Crippen LogP contribution in [0.1, 0.15) is 0 Å². The number of quaternary nitrogens is 1. The SMILES string of the molecule is C=CC[N+](C)(C)CCOc1c(Br)cc(N)cc1Br.CS(=O)(=O)[O-]. The Morgan fingerprint density at radius 3 is 2.17 bits per heavy atom. The first-order chi connectivity index (χ1) is 10.4. The average Bonchev–Trinajstić information content (AvgIpc) is 2.30. The van der Waals surface area contributed by atoms with E-state index in [0.717, 1.165) is 32.3 Å². The zero-order valence-electron chi connectivity index (χ0n) is 13.4. The summed E-state index contributed by atoms with van der Waals surface area (Å²) in [7, 11) is 0.385. The predicted molar refractivity (Wildman–Crippen MR) is 99.4 cm³/mol. The van der Waals surface area contributed by atoms with Gasteiger partial charge in [-0.25, -0.2) is 8.42 Å². The molecule has 1 aromatic carbocycles. The van der Waals surface area contributed by atoms with Crippen LogP contribution in [0.4, 0.5) is 5.69 Å². The van der Waals surface area contributed by atoms with Crippen molar-refractivity contribution in [1.29, 1.82) is 0 Å². The Labute approximate surface area is 154 Å². The van der Waals surface area contributed by atoms with Crippen molar-refractivity contribution in [3.63, 3.8) is 0 Å². The van der Waals surface area contributed by atoms with E-state index >= 15 is 0 Å². The second kappa shape index (κ2) is 9.63. The van der Waals surface area contributed by atoms with Crippen molar-refractivity contribution in [3.8, 4) is 5.75 Å². The molecule has 23 heavy (non-hydrogen) atoms. The van der Waals surface area contributed by atoms with Crippen LogP contribution in [0.2, 0.25) is 0 Å². The zero-order valence-corrected chi connectivity index (χ0v) is 17.4. The number of anilines is 1. The summed E-state index contributed by atoms with van der Waals surface area (Å²) in [4.78, 5) is 0. The third-order valence-electron chi connectivity index (χ3n) is 2.59. The molecule has 0 saturated heterocycles. The van der Waals surface area contributed by atoms with Crippen LogP contribution >= 0.6 is 31.9 Å². The van der Waals surface area contributed by atoms with Crippen LogP contribution in [0.5, 0.6) is 5.75 Å². The highest BCUT2D eigenvalue weighted by atomic mass is 79.9. The van der Waals surface area contributed by atoms with Crippen molar-refractivity contribution in [2.45, 2.75) is 0 Å². The molecule has 0 atom stereocenters. The highest BCUT2D eigenvalue weighted by molar-refractivity contribution is 9.11. The maximum absolute atomic E-state index is 9.08. The highest BCUT2D eigenvalue weighted by Crippen LogP contribution is 2.35. The lowest BCUT2D eigenvalue weighted by molar-refractivity contribution is -0.884. The van der Waals surface area contributed by atoms with E-state index in [0.29, 0.717) is 18.6 Å². The van der Waals surface area contributed by atoms with Crippen molar-refractivity contribution >= 4 is 47.7 Å². The van der Waals surface area contributed by atoms with Gasteiger partial charge < -0.3 is 19.5 Å². The van der Waals surface area contributed by atoms with Gasteiger partial charge in [-0.05, 0) is 50.1 Å². The van der Waals surface area contributed by atoms with Gasteiger partial charge in [0.2, 0.25) is 0 Å². The highest BCUT2D eigenvalue weighted by Gasteiger charge is 2.14. The van der Waals surface area contributed by atoms with E-state index in [4.69, 9.17) is 23.4 Å². The number of rotatable bonds is 6. The molecule has 6 nitrogen and oxygen atoms in total. The fourth-order valence-corrected chi connectivity index (χ4v) is 3.00. The Morgan fingerprint density at radius 1 is 1.35 bits per heavy atom. The van der Waals surface area contributed by atoms with E-state index in [1.54, 1.807) is 0 Å². The molecule has 0 radical (unpaired) electrons. The number of likely N-dealkylation sites (N-methyl/N-ethyl adjacent to an activating group) is 1. The van der Waals surface area contributed by atoms with Gasteiger partial charge in [-0.3, -0.25) is 0 Å². The van der Waals surface area contributed by atoms with Crippen molar-refractivity contribution in [1.82, 2.24) is 0 Å². The predicted octanol–water partition coefficient (Wildman–Crippen LogP) is 2.60. The molecule has 0 amide bonds.